The molecule has 0 bridgehead atoms. The summed E-state index contributed by atoms with van der Waals surface area (Å²) in [4.78, 5) is 3.94. The summed E-state index contributed by atoms with van der Waals surface area (Å²) < 4.78 is 1.08. The molecular weight excluding hydrogens is 296 g/mol. The molecule has 0 radical (unpaired) electrons. The Morgan fingerprint density at radius 3 is 3.00 bits per heavy atom. The van der Waals surface area contributed by atoms with Crippen LogP contribution >= 0.6 is 27.3 Å². The van der Waals surface area contributed by atoms with Crippen molar-refractivity contribution in [3.8, 4) is 0 Å². The van der Waals surface area contributed by atoms with E-state index < -0.39 is 0 Å². The molecule has 3 rings (SSSR count). The van der Waals surface area contributed by atoms with E-state index in [2.05, 4.69) is 38.3 Å². The second-order valence-electron chi connectivity index (χ2n) is 4.25. The van der Waals surface area contributed by atoms with Gasteiger partial charge >= 0.3 is 0 Å². The van der Waals surface area contributed by atoms with Gasteiger partial charge < -0.3 is 10.6 Å². The zero-order chi connectivity index (χ0) is 11.8. The van der Waals surface area contributed by atoms with Crippen LogP contribution in [0.2, 0.25) is 0 Å². The molecule has 1 aliphatic rings. The van der Waals surface area contributed by atoms with Crippen LogP contribution in [0.3, 0.4) is 0 Å². The summed E-state index contributed by atoms with van der Waals surface area (Å²) in [6.07, 6.45) is 1.14. The lowest BCUT2D eigenvalue weighted by Crippen LogP contribution is -2.29. The molecule has 4 heteroatoms. The minimum Gasteiger partial charge on any atom is -0.399 e. The highest BCUT2D eigenvalue weighted by atomic mass is 79.9. The Morgan fingerprint density at radius 1 is 1.29 bits per heavy atom. The highest BCUT2D eigenvalue weighted by molar-refractivity contribution is 9.10. The van der Waals surface area contributed by atoms with Crippen LogP contribution in [-0.4, -0.2) is 6.54 Å². The van der Waals surface area contributed by atoms with Crippen LogP contribution in [0.25, 0.3) is 0 Å². The lowest BCUT2D eigenvalue weighted by atomic mass is 10.1. The number of thiophene rings is 1. The number of anilines is 2. The number of rotatable bonds is 1. The van der Waals surface area contributed by atoms with Crippen LogP contribution in [-0.2, 0) is 13.0 Å². The summed E-state index contributed by atoms with van der Waals surface area (Å²) in [6, 6.07) is 8.26. The van der Waals surface area contributed by atoms with E-state index in [4.69, 9.17) is 5.73 Å². The minimum absolute atomic E-state index is 0.800. The largest absolute Gasteiger partial charge is 0.399 e. The molecule has 0 atom stereocenters. The van der Waals surface area contributed by atoms with Crippen molar-refractivity contribution in [3.05, 3.63) is 44.6 Å². The number of fused-ring (bicyclic) bond motifs is 1. The Morgan fingerprint density at radius 2 is 2.18 bits per heavy atom. The Bertz CT molecular complexity index is 550. The molecule has 0 fully saturated rings. The van der Waals surface area contributed by atoms with Gasteiger partial charge in [0.2, 0.25) is 0 Å². The predicted octanol–water partition coefficient (Wildman–Crippen LogP) is 3.66. The van der Waals surface area contributed by atoms with Gasteiger partial charge in [-0.3, -0.25) is 0 Å². The van der Waals surface area contributed by atoms with E-state index in [1.165, 1.54) is 16.1 Å². The van der Waals surface area contributed by atoms with Crippen molar-refractivity contribution >= 4 is 38.6 Å². The summed E-state index contributed by atoms with van der Waals surface area (Å²) in [6.45, 7) is 2.08. The third-order valence-corrected chi connectivity index (χ3v) is 4.78. The van der Waals surface area contributed by atoms with Crippen LogP contribution in [0.1, 0.15) is 10.4 Å². The van der Waals surface area contributed by atoms with Crippen LogP contribution in [0.5, 0.6) is 0 Å². The first-order chi connectivity index (χ1) is 8.24. The van der Waals surface area contributed by atoms with Gasteiger partial charge in [-0.05, 0) is 57.6 Å². The fourth-order valence-corrected chi connectivity index (χ4v) is 3.77. The Kier molecular flexibility index (Phi) is 2.84. The molecule has 1 aliphatic heterocycles. The number of nitrogen functional groups attached to an aromatic ring is 1. The van der Waals surface area contributed by atoms with Crippen LogP contribution in [0.15, 0.2) is 34.1 Å². The van der Waals surface area contributed by atoms with Crippen LogP contribution in [0, 0.1) is 0 Å². The zero-order valence-electron chi connectivity index (χ0n) is 9.32. The predicted molar refractivity (Wildman–Crippen MR) is 77.6 cm³/mol. The molecule has 2 heterocycles. The van der Waals surface area contributed by atoms with Gasteiger partial charge in [0.15, 0.2) is 0 Å². The van der Waals surface area contributed by atoms with E-state index in [9.17, 15) is 0 Å². The molecule has 0 aliphatic carbocycles. The number of nitrogens with two attached hydrogens (primary N) is 1. The Balaban J connectivity index is 1.91. The van der Waals surface area contributed by atoms with Crippen molar-refractivity contribution < 1.29 is 0 Å². The van der Waals surface area contributed by atoms with Crippen molar-refractivity contribution in [2.24, 2.45) is 0 Å². The van der Waals surface area contributed by atoms with E-state index in [1.54, 1.807) is 0 Å². The molecule has 1 aromatic carbocycles. The molecule has 17 heavy (non-hydrogen) atoms. The Hall–Kier alpha value is -1.00. The van der Waals surface area contributed by atoms with Crippen molar-refractivity contribution in [1.82, 2.24) is 0 Å². The molecule has 0 spiro atoms. The van der Waals surface area contributed by atoms with Crippen molar-refractivity contribution in [2.75, 3.05) is 17.2 Å². The fraction of sp³-hybridized carbons (Fsp3) is 0.231. The van der Waals surface area contributed by atoms with Crippen molar-refractivity contribution in [2.45, 2.75) is 13.0 Å². The topological polar surface area (TPSA) is 29.3 Å². The summed E-state index contributed by atoms with van der Waals surface area (Å²) in [5, 5.41) is 2.19. The van der Waals surface area contributed by atoms with E-state index in [-0.39, 0.29) is 0 Å². The van der Waals surface area contributed by atoms with E-state index in [0.29, 0.717) is 0 Å². The van der Waals surface area contributed by atoms with Gasteiger partial charge in [-0.15, -0.1) is 11.3 Å². The summed E-state index contributed by atoms with van der Waals surface area (Å²) in [5.74, 6) is 0. The maximum absolute atomic E-state index is 5.77. The normalized spacial score (nSPS) is 14.8. The van der Waals surface area contributed by atoms with Gasteiger partial charge in [0.25, 0.3) is 0 Å². The SMILES string of the molecule is Nc1ccc(N2CCc3sccc3C2)c(Br)c1. The lowest BCUT2D eigenvalue weighted by Gasteiger charge is -2.30. The monoisotopic (exact) mass is 308 g/mol. The lowest BCUT2D eigenvalue weighted by molar-refractivity contribution is 0.742. The number of hydrogen-bond acceptors (Lipinski definition) is 3. The standard InChI is InChI=1S/C13H13BrN2S/c14-11-7-10(15)1-2-12(11)16-5-3-13-9(8-16)4-6-17-13/h1-2,4,6-7H,3,5,8,15H2. The summed E-state index contributed by atoms with van der Waals surface area (Å²) in [5.41, 5.74) is 9.27. The first-order valence-electron chi connectivity index (χ1n) is 5.59. The molecule has 0 amide bonds. The third kappa shape index (κ3) is 2.07. The van der Waals surface area contributed by atoms with Gasteiger partial charge in [-0.2, -0.15) is 0 Å². The quantitative estimate of drug-likeness (QED) is 0.815. The first-order valence-corrected chi connectivity index (χ1v) is 7.26. The molecule has 0 saturated carbocycles. The highest BCUT2D eigenvalue weighted by Crippen LogP contribution is 2.33. The molecule has 0 saturated heterocycles. The number of halogens is 1. The van der Waals surface area contributed by atoms with E-state index in [1.807, 2.05) is 23.5 Å². The number of benzene rings is 1. The summed E-state index contributed by atoms with van der Waals surface area (Å²) >= 11 is 5.47. The minimum atomic E-state index is 0.800. The maximum atomic E-state index is 5.77. The third-order valence-electron chi connectivity index (χ3n) is 3.12. The van der Waals surface area contributed by atoms with Crippen molar-refractivity contribution in [1.29, 1.82) is 0 Å². The summed E-state index contributed by atoms with van der Waals surface area (Å²) in [7, 11) is 0. The molecular formula is C13H13BrN2S. The van der Waals surface area contributed by atoms with E-state index in [0.717, 1.165) is 29.7 Å². The van der Waals surface area contributed by atoms with E-state index >= 15 is 0 Å². The van der Waals surface area contributed by atoms with Gasteiger partial charge in [0.05, 0.1) is 5.69 Å². The number of hydrogen-bond donors (Lipinski definition) is 1. The van der Waals surface area contributed by atoms with Crippen molar-refractivity contribution in [3.63, 3.8) is 0 Å². The smallest absolute Gasteiger partial charge is 0.0515 e. The molecule has 1 aromatic heterocycles. The molecule has 88 valence electrons. The second kappa shape index (κ2) is 4.35. The number of nitrogens with zero attached hydrogens (tertiary/aromatic N) is 1. The van der Waals surface area contributed by atoms with Gasteiger partial charge in [0, 0.05) is 28.1 Å². The molecule has 2 nitrogen and oxygen atoms in total. The molecule has 2 aromatic rings. The van der Waals surface area contributed by atoms with Crippen LogP contribution < -0.4 is 10.6 Å². The average molecular weight is 309 g/mol. The van der Waals surface area contributed by atoms with Crippen LogP contribution in [0.4, 0.5) is 11.4 Å². The average Bonchev–Trinajstić information content (AvgIpc) is 2.75. The fourth-order valence-electron chi connectivity index (χ4n) is 2.23. The molecule has 2 N–H and O–H groups in total. The van der Waals surface area contributed by atoms with Gasteiger partial charge in [-0.1, -0.05) is 0 Å². The van der Waals surface area contributed by atoms with Gasteiger partial charge in [-0.25, -0.2) is 0 Å². The first kappa shape index (κ1) is 11.1. The zero-order valence-corrected chi connectivity index (χ0v) is 11.7. The second-order valence-corrected chi connectivity index (χ2v) is 6.11. The highest BCUT2D eigenvalue weighted by Gasteiger charge is 2.18. The Labute approximate surface area is 113 Å². The van der Waals surface area contributed by atoms with Gasteiger partial charge in [0.1, 0.15) is 0 Å². The maximum Gasteiger partial charge on any atom is 0.0515 e. The molecule has 0 unspecified atom stereocenters.